The summed E-state index contributed by atoms with van der Waals surface area (Å²) in [5, 5.41) is 12.6. The molecule has 2 aliphatic heterocycles. The number of amides is 3. The lowest BCUT2D eigenvalue weighted by molar-refractivity contribution is -0.143. The molecule has 0 radical (unpaired) electrons. The van der Waals surface area contributed by atoms with Gasteiger partial charge in [-0.1, -0.05) is 20.8 Å². The van der Waals surface area contributed by atoms with Gasteiger partial charge in [-0.15, -0.1) is 12.4 Å². The molecular weight excluding hydrogens is 710 g/mol. The summed E-state index contributed by atoms with van der Waals surface area (Å²) >= 11 is 0. The first-order valence-electron chi connectivity index (χ1n) is 17.1. The number of carbonyl (C=O) groups is 3. The van der Waals surface area contributed by atoms with E-state index in [0.29, 0.717) is 79.4 Å². The van der Waals surface area contributed by atoms with Crippen LogP contribution in [0.2, 0.25) is 0 Å². The Balaban J connectivity index is 0.00000605. The first-order chi connectivity index (χ1) is 24.1. The fourth-order valence-corrected chi connectivity index (χ4v) is 7.63. The number of halogens is 1. The van der Waals surface area contributed by atoms with Crippen molar-refractivity contribution in [1.29, 1.82) is 0 Å². The van der Waals surface area contributed by atoms with Crippen LogP contribution in [0.15, 0.2) is 47.6 Å². The van der Waals surface area contributed by atoms with E-state index < -0.39 is 33.6 Å². The lowest BCUT2D eigenvalue weighted by atomic mass is 9.85. The number of aromatic nitrogens is 2. The predicted octanol–water partition coefficient (Wildman–Crippen LogP) is 2.81. The topological polar surface area (TPSA) is 178 Å². The number of hydrogen-bond donors (Lipinski definition) is 4. The molecule has 5 rings (SSSR count). The minimum absolute atomic E-state index is 0. The molecule has 4 N–H and O–H groups in total. The maximum atomic E-state index is 13.9. The number of carbonyl (C=O) groups excluding carboxylic acids is 3. The van der Waals surface area contributed by atoms with Gasteiger partial charge in [-0.05, 0) is 69.6 Å². The third-order valence-corrected chi connectivity index (χ3v) is 11.4. The summed E-state index contributed by atoms with van der Waals surface area (Å²) < 4.78 is 33.5. The minimum atomic E-state index is -3.62. The van der Waals surface area contributed by atoms with Gasteiger partial charge in [0.05, 0.1) is 29.3 Å². The largest absolute Gasteiger partial charge is 0.494 e. The summed E-state index contributed by atoms with van der Waals surface area (Å²) in [6.45, 7) is 9.97. The Bertz CT molecular complexity index is 1860. The van der Waals surface area contributed by atoms with Crippen molar-refractivity contribution in [2.24, 2.45) is 5.41 Å². The van der Waals surface area contributed by atoms with E-state index in [9.17, 15) is 22.8 Å². The number of nitrogens with one attached hydrogen (secondary N) is 4. The first-order valence-corrected chi connectivity index (χ1v) is 18.6. The number of likely N-dealkylation sites (N-methyl/N-ethyl adjacent to an activating group) is 2. The fourth-order valence-electron chi connectivity index (χ4n) is 6.21. The van der Waals surface area contributed by atoms with E-state index in [-0.39, 0.29) is 35.0 Å². The van der Waals surface area contributed by atoms with Crippen molar-refractivity contribution in [2.45, 2.75) is 63.6 Å². The summed E-state index contributed by atoms with van der Waals surface area (Å²) in [5.74, 6) is -0.194. The molecule has 3 amide bonds. The van der Waals surface area contributed by atoms with Crippen LogP contribution in [0.4, 0.5) is 17.2 Å². The van der Waals surface area contributed by atoms with Crippen molar-refractivity contribution in [3.05, 3.63) is 42.7 Å². The molecule has 0 aliphatic carbocycles. The molecule has 17 heteroatoms. The molecule has 2 saturated heterocycles. The van der Waals surface area contributed by atoms with Gasteiger partial charge >= 0.3 is 0 Å². The van der Waals surface area contributed by atoms with Crippen LogP contribution in [0.1, 0.15) is 40.5 Å². The summed E-state index contributed by atoms with van der Waals surface area (Å²) in [4.78, 5) is 53.2. The fraction of sp³-hybridized carbons (Fsp3) is 0.514. The Hall–Kier alpha value is -4.09. The number of fused-ring (bicyclic) bond motifs is 1. The molecule has 1 aromatic heterocycles. The lowest BCUT2D eigenvalue weighted by Crippen LogP contribution is -2.59. The Labute approximate surface area is 311 Å². The van der Waals surface area contributed by atoms with Crippen molar-refractivity contribution in [1.82, 2.24) is 34.7 Å². The van der Waals surface area contributed by atoms with Gasteiger partial charge in [0, 0.05) is 49.9 Å². The van der Waals surface area contributed by atoms with Crippen molar-refractivity contribution < 1.29 is 27.5 Å². The number of methoxy groups -OCH3 is 1. The van der Waals surface area contributed by atoms with E-state index in [2.05, 4.69) is 36.1 Å². The zero-order chi connectivity index (χ0) is 37.1. The normalized spacial score (nSPS) is 18.3. The van der Waals surface area contributed by atoms with Gasteiger partial charge in [0.25, 0.3) is 0 Å². The second-order valence-corrected chi connectivity index (χ2v) is 16.1. The van der Waals surface area contributed by atoms with Gasteiger partial charge in [0.1, 0.15) is 30.0 Å². The third kappa shape index (κ3) is 8.92. The highest BCUT2D eigenvalue weighted by Crippen LogP contribution is 2.34. The van der Waals surface area contributed by atoms with Gasteiger partial charge in [0.2, 0.25) is 27.7 Å². The highest BCUT2D eigenvalue weighted by molar-refractivity contribution is 7.89. The van der Waals surface area contributed by atoms with Gasteiger partial charge in [-0.2, -0.15) is 4.31 Å². The number of benzene rings is 2. The Morgan fingerprint density at radius 2 is 1.67 bits per heavy atom. The molecule has 15 nitrogen and oxygen atoms in total. The van der Waals surface area contributed by atoms with Crippen molar-refractivity contribution in [3.8, 4) is 5.75 Å². The predicted molar refractivity (Wildman–Crippen MR) is 203 cm³/mol. The number of rotatable bonds is 11. The maximum Gasteiger partial charge on any atom is 0.247 e. The zero-order valence-corrected chi connectivity index (χ0v) is 32.4. The highest BCUT2D eigenvalue weighted by Gasteiger charge is 2.42. The van der Waals surface area contributed by atoms with Crippen molar-refractivity contribution in [3.63, 3.8) is 0 Å². The van der Waals surface area contributed by atoms with Crippen LogP contribution in [0, 0.1) is 5.41 Å². The van der Waals surface area contributed by atoms with Crippen molar-refractivity contribution >= 4 is 68.2 Å². The highest BCUT2D eigenvalue weighted by atomic mass is 35.5. The Morgan fingerprint density at radius 1 is 1.00 bits per heavy atom. The molecule has 3 aromatic rings. The van der Waals surface area contributed by atoms with Gasteiger partial charge in [-0.25, -0.2) is 18.4 Å². The Morgan fingerprint density at radius 3 is 2.29 bits per heavy atom. The molecular formula is C35H50ClN9O6S. The number of ether oxygens (including phenoxy) is 1. The summed E-state index contributed by atoms with van der Waals surface area (Å²) in [7, 11) is 1.52. The monoisotopic (exact) mass is 759 g/mol. The SMILES string of the molecule is CN[C@@H](C)C(=O)N[C@H](C(=O)N1CCC[C@H]1C(=O)Nc1cc2c(Nc3ccc(S(=O)(=O)N4CCN(C)CC4)cc3)ncnc2cc1OC)C(C)(C)C.Cl. The summed E-state index contributed by atoms with van der Waals surface area (Å²) in [6, 6.07) is 7.81. The molecule has 2 aromatic carbocycles. The van der Waals surface area contributed by atoms with E-state index in [1.807, 2.05) is 27.8 Å². The molecule has 52 heavy (non-hydrogen) atoms. The second-order valence-electron chi connectivity index (χ2n) is 14.1. The third-order valence-electron chi connectivity index (χ3n) is 9.50. The number of likely N-dealkylation sites (tertiary alicyclic amines) is 1. The lowest BCUT2D eigenvalue weighted by Gasteiger charge is -2.36. The summed E-state index contributed by atoms with van der Waals surface area (Å²) in [6.07, 6.45) is 2.49. The van der Waals surface area contributed by atoms with Gasteiger partial charge < -0.3 is 35.8 Å². The van der Waals surface area contributed by atoms with Crippen LogP contribution < -0.4 is 26.0 Å². The molecule has 0 bridgehead atoms. The Kier molecular flexibility index (Phi) is 13.1. The first kappa shape index (κ1) is 40.7. The van der Waals surface area contributed by atoms with Crippen LogP contribution in [-0.4, -0.2) is 122 Å². The quantitative estimate of drug-likeness (QED) is 0.226. The number of sulfonamides is 1. The molecule has 0 spiro atoms. The minimum Gasteiger partial charge on any atom is -0.494 e. The van der Waals surface area contributed by atoms with E-state index >= 15 is 0 Å². The number of piperazine rings is 1. The van der Waals surface area contributed by atoms with E-state index in [1.54, 1.807) is 55.3 Å². The molecule has 284 valence electrons. The van der Waals surface area contributed by atoms with E-state index in [4.69, 9.17) is 4.74 Å². The number of nitrogens with zero attached hydrogens (tertiary/aromatic N) is 5. The molecule has 3 atom stereocenters. The van der Waals surface area contributed by atoms with Crippen LogP contribution in [-0.2, 0) is 24.4 Å². The van der Waals surface area contributed by atoms with Gasteiger partial charge in [-0.3, -0.25) is 14.4 Å². The van der Waals surface area contributed by atoms with E-state index in [0.717, 1.165) is 0 Å². The van der Waals surface area contributed by atoms with Gasteiger partial charge in [0.15, 0.2) is 0 Å². The van der Waals surface area contributed by atoms with Crippen LogP contribution in [0.25, 0.3) is 10.9 Å². The summed E-state index contributed by atoms with van der Waals surface area (Å²) in [5.41, 5.74) is 0.921. The average molecular weight is 760 g/mol. The molecule has 0 unspecified atom stereocenters. The zero-order valence-electron chi connectivity index (χ0n) is 30.7. The smallest absolute Gasteiger partial charge is 0.247 e. The molecule has 0 saturated carbocycles. The van der Waals surface area contributed by atoms with Crippen LogP contribution in [0.5, 0.6) is 5.75 Å². The number of anilines is 3. The average Bonchev–Trinajstić information content (AvgIpc) is 3.60. The second kappa shape index (κ2) is 16.7. The van der Waals surface area contributed by atoms with Crippen LogP contribution in [0.3, 0.4) is 0 Å². The molecule has 3 heterocycles. The van der Waals surface area contributed by atoms with Crippen LogP contribution >= 0.6 is 12.4 Å². The molecule has 2 aliphatic rings. The van der Waals surface area contributed by atoms with Crippen molar-refractivity contribution in [2.75, 3.05) is 64.6 Å². The number of hydrogen-bond acceptors (Lipinski definition) is 11. The standard InChI is InChI=1S/C35H49N9O6S.ClH/c1-22(36-5)32(45)41-30(35(2,3)4)34(47)44-14-8-9-28(44)33(46)40-27-19-25-26(20-29(27)50-7)37-21-38-31(25)39-23-10-12-24(13-11-23)51(48,49)43-17-15-42(6)16-18-43;/h10-13,19-22,28,30,36H,8-9,14-18H2,1-7H3,(H,40,46)(H,41,45)(H,37,38,39);1H/t22-,28-,30+;/m0./s1. The molecule has 2 fully saturated rings. The van der Waals surface area contributed by atoms with E-state index in [1.165, 1.54) is 17.7 Å². The maximum absolute atomic E-state index is 13.9.